The zero-order valence-electron chi connectivity index (χ0n) is 17.7. The molecule has 32 heavy (non-hydrogen) atoms. The van der Waals surface area contributed by atoms with Crippen molar-refractivity contribution in [2.75, 3.05) is 0 Å². The molecule has 7 nitrogen and oxygen atoms in total. The van der Waals surface area contributed by atoms with E-state index in [4.69, 9.17) is 15.0 Å². The van der Waals surface area contributed by atoms with Crippen LogP contribution < -0.4 is 10.5 Å². The average molecular weight is 437 g/mol. The van der Waals surface area contributed by atoms with E-state index in [9.17, 15) is 14.0 Å². The summed E-state index contributed by atoms with van der Waals surface area (Å²) in [6.07, 6.45) is 2.33. The maximum atomic E-state index is 14.4. The first-order valence-electron chi connectivity index (χ1n) is 10.7. The number of carbonyl (C=O) groups excluding carboxylic acids is 2. The third-order valence-electron chi connectivity index (χ3n) is 5.41. The minimum atomic E-state index is -0.485. The van der Waals surface area contributed by atoms with Gasteiger partial charge in [-0.05, 0) is 61.6 Å². The molecule has 2 aromatic carbocycles. The van der Waals surface area contributed by atoms with Gasteiger partial charge in [-0.3, -0.25) is 9.59 Å². The monoisotopic (exact) mass is 437 g/mol. The van der Waals surface area contributed by atoms with Crippen molar-refractivity contribution in [2.24, 2.45) is 11.7 Å². The molecule has 4 rings (SSSR count). The van der Waals surface area contributed by atoms with E-state index < -0.39 is 17.8 Å². The molecule has 0 bridgehead atoms. The number of carbonyl (C=O) groups is 2. The number of hydrogen-bond donors (Lipinski definition) is 1. The number of Topliss-reactive ketones (excluding diaryl/α,β-unsaturated/α-hetero) is 1. The number of ketones is 1. The highest BCUT2D eigenvalue weighted by molar-refractivity contribution is 5.99. The lowest BCUT2D eigenvalue weighted by atomic mass is 10.1. The minimum Gasteiger partial charge on any atom is -0.481 e. The fourth-order valence-corrected chi connectivity index (χ4v) is 3.38. The second kappa shape index (κ2) is 9.30. The van der Waals surface area contributed by atoms with Crippen molar-refractivity contribution in [1.82, 2.24) is 10.1 Å². The normalized spacial score (nSPS) is 14.2. The van der Waals surface area contributed by atoms with E-state index in [0.717, 1.165) is 12.8 Å². The topological polar surface area (TPSA) is 108 Å². The molecule has 8 heteroatoms. The van der Waals surface area contributed by atoms with E-state index in [0.29, 0.717) is 28.9 Å². The summed E-state index contributed by atoms with van der Waals surface area (Å²) in [6, 6.07) is 11.6. The maximum Gasteiger partial charge on any atom is 0.268 e. The van der Waals surface area contributed by atoms with E-state index in [-0.39, 0.29) is 36.3 Å². The molecule has 166 valence electrons. The molecule has 1 fully saturated rings. The molecule has 0 unspecified atom stereocenters. The number of primary amides is 1. The van der Waals surface area contributed by atoms with Crippen LogP contribution in [0.4, 0.5) is 4.39 Å². The van der Waals surface area contributed by atoms with Crippen LogP contribution >= 0.6 is 0 Å². The van der Waals surface area contributed by atoms with Gasteiger partial charge in [0, 0.05) is 23.5 Å². The van der Waals surface area contributed by atoms with Crippen LogP contribution in [0, 0.1) is 11.7 Å². The van der Waals surface area contributed by atoms with E-state index in [1.54, 1.807) is 36.4 Å². The fourth-order valence-electron chi connectivity index (χ4n) is 3.38. The molecular formula is C24H24FN3O4. The molecule has 1 amide bonds. The van der Waals surface area contributed by atoms with Gasteiger partial charge >= 0.3 is 0 Å². The molecule has 1 aromatic heterocycles. The predicted molar refractivity (Wildman–Crippen MR) is 114 cm³/mol. The Balaban J connectivity index is 1.45. The van der Waals surface area contributed by atoms with Crippen LogP contribution in [0.1, 0.15) is 60.5 Å². The second-order valence-corrected chi connectivity index (χ2v) is 7.91. The number of rotatable bonds is 10. The van der Waals surface area contributed by atoms with E-state index in [1.165, 1.54) is 6.07 Å². The van der Waals surface area contributed by atoms with Crippen LogP contribution in [-0.4, -0.2) is 21.8 Å². The molecule has 1 atom stereocenters. The number of ether oxygens (including phenoxy) is 1. The molecule has 0 saturated heterocycles. The molecule has 0 aliphatic heterocycles. The van der Waals surface area contributed by atoms with Crippen LogP contribution in [0.2, 0.25) is 0 Å². The van der Waals surface area contributed by atoms with E-state index in [2.05, 4.69) is 10.1 Å². The molecule has 1 aliphatic carbocycles. The van der Waals surface area contributed by atoms with Gasteiger partial charge in [-0.1, -0.05) is 24.2 Å². The summed E-state index contributed by atoms with van der Waals surface area (Å²) in [7, 11) is 0. The van der Waals surface area contributed by atoms with Crippen molar-refractivity contribution in [3.63, 3.8) is 0 Å². The van der Waals surface area contributed by atoms with Crippen LogP contribution in [0.3, 0.4) is 0 Å². The molecule has 1 saturated carbocycles. The van der Waals surface area contributed by atoms with Gasteiger partial charge in [0.05, 0.1) is 0 Å². The molecule has 0 radical (unpaired) electrons. The van der Waals surface area contributed by atoms with Crippen molar-refractivity contribution >= 4 is 11.7 Å². The first-order chi connectivity index (χ1) is 15.4. The molecule has 1 aliphatic rings. The molecule has 1 heterocycles. The zero-order chi connectivity index (χ0) is 22.7. The zero-order valence-corrected chi connectivity index (χ0v) is 17.7. The number of nitrogens with zero attached hydrogens (tertiary/aromatic N) is 2. The molecule has 2 N–H and O–H groups in total. The van der Waals surface area contributed by atoms with Gasteiger partial charge in [-0.15, -0.1) is 0 Å². The first kappa shape index (κ1) is 21.7. The largest absolute Gasteiger partial charge is 0.481 e. The third-order valence-corrected chi connectivity index (χ3v) is 5.41. The van der Waals surface area contributed by atoms with Crippen LogP contribution in [0.15, 0.2) is 47.0 Å². The Morgan fingerprint density at radius 2 is 1.97 bits per heavy atom. The summed E-state index contributed by atoms with van der Waals surface area (Å²) in [6.45, 7) is 1.92. The highest BCUT2D eigenvalue weighted by Crippen LogP contribution is 2.33. The Morgan fingerprint density at radius 1 is 1.22 bits per heavy atom. The van der Waals surface area contributed by atoms with Crippen LogP contribution in [0.25, 0.3) is 11.4 Å². The number of hydrogen-bond acceptors (Lipinski definition) is 6. The lowest BCUT2D eigenvalue weighted by Gasteiger charge is -2.13. The lowest BCUT2D eigenvalue weighted by Crippen LogP contribution is -2.11. The fraction of sp³-hybridized carbons (Fsp3) is 0.333. The number of nitrogens with two attached hydrogens (primary N) is 1. The van der Waals surface area contributed by atoms with Crippen molar-refractivity contribution in [2.45, 2.75) is 45.1 Å². The van der Waals surface area contributed by atoms with Crippen molar-refractivity contribution in [1.29, 1.82) is 0 Å². The van der Waals surface area contributed by atoms with Gasteiger partial charge in [0.1, 0.15) is 11.6 Å². The minimum absolute atomic E-state index is 0.0772. The Kier molecular flexibility index (Phi) is 6.30. The second-order valence-electron chi connectivity index (χ2n) is 7.91. The summed E-state index contributed by atoms with van der Waals surface area (Å²) in [5.74, 6) is 0.521. The first-order valence-corrected chi connectivity index (χ1v) is 10.7. The van der Waals surface area contributed by atoms with E-state index >= 15 is 0 Å². The van der Waals surface area contributed by atoms with Crippen molar-refractivity contribution in [3.8, 4) is 17.1 Å². The number of aryl methyl sites for hydroxylation is 1. The summed E-state index contributed by atoms with van der Waals surface area (Å²) >= 11 is 0. The Morgan fingerprint density at radius 3 is 2.59 bits per heavy atom. The number of aromatic nitrogens is 2. The van der Waals surface area contributed by atoms with Crippen LogP contribution in [0.5, 0.6) is 5.75 Å². The summed E-state index contributed by atoms with van der Waals surface area (Å²) < 4.78 is 25.7. The maximum absolute atomic E-state index is 14.4. The van der Waals surface area contributed by atoms with E-state index in [1.807, 2.05) is 6.92 Å². The number of amides is 1. The Hall–Kier alpha value is -3.55. The van der Waals surface area contributed by atoms with Crippen molar-refractivity contribution < 1.29 is 23.2 Å². The van der Waals surface area contributed by atoms with Gasteiger partial charge in [0.15, 0.2) is 11.9 Å². The smallest absolute Gasteiger partial charge is 0.268 e. The highest BCUT2D eigenvalue weighted by Gasteiger charge is 2.30. The average Bonchev–Trinajstić information content (AvgIpc) is 3.53. The summed E-state index contributed by atoms with van der Waals surface area (Å²) in [4.78, 5) is 27.4. The number of benzene rings is 2. The van der Waals surface area contributed by atoms with Gasteiger partial charge in [-0.2, -0.15) is 4.98 Å². The molecule has 3 aromatic rings. The van der Waals surface area contributed by atoms with Gasteiger partial charge in [0.25, 0.3) is 5.89 Å². The summed E-state index contributed by atoms with van der Waals surface area (Å²) in [5.41, 5.74) is 6.67. The van der Waals surface area contributed by atoms with Gasteiger partial charge < -0.3 is 15.0 Å². The molecule has 0 spiro atoms. The van der Waals surface area contributed by atoms with Gasteiger partial charge in [-0.25, -0.2) is 4.39 Å². The summed E-state index contributed by atoms with van der Waals surface area (Å²) in [5, 5.41) is 3.95. The van der Waals surface area contributed by atoms with Crippen molar-refractivity contribution in [3.05, 3.63) is 65.3 Å². The quantitative estimate of drug-likeness (QED) is 0.471. The Bertz CT molecular complexity index is 1120. The standard InChI is InChI=1S/C24H24FN3O4/c1-2-20(31-18-10-7-16(8-11-18)22(30)15-4-5-15)24-27-23(28-32-24)17-6-3-14(19(25)13-17)9-12-21(26)29/h3,6-8,10-11,13,15,20H,2,4-5,9,12H2,1H3,(H2,26,29)/t20-/m1/s1. The predicted octanol–water partition coefficient (Wildman–Crippen LogP) is 4.42. The van der Waals surface area contributed by atoms with Crippen LogP contribution in [-0.2, 0) is 11.2 Å². The SMILES string of the molecule is CC[C@@H](Oc1ccc(C(=O)C2CC2)cc1)c1nc(-c2ccc(CCC(N)=O)c(F)c2)no1. The molecular weight excluding hydrogens is 413 g/mol. The lowest BCUT2D eigenvalue weighted by molar-refractivity contribution is -0.118. The van der Waals surface area contributed by atoms with Gasteiger partial charge in [0.2, 0.25) is 11.7 Å². The highest BCUT2D eigenvalue weighted by atomic mass is 19.1. The number of halogens is 1. The Labute approximate surface area is 184 Å². The third kappa shape index (κ3) is 5.01.